The first-order valence-electron chi connectivity index (χ1n) is 4.30. The monoisotopic (exact) mass is 178 g/mol. The lowest BCUT2D eigenvalue weighted by Gasteiger charge is -2.24. The lowest BCUT2D eigenvalue weighted by Crippen LogP contribution is -2.48. The van der Waals surface area contributed by atoms with E-state index in [9.17, 15) is 8.78 Å². The van der Waals surface area contributed by atoms with Gasteiger partial charge in [-0.05, 0) is 25.7 Å². The summed E-state index contributed by atoms with van der Waals surface area (Å²) in [6.45, 7) is 2.16. The van der Waals surface area contributed by atoms with Gasteiger partial charge in [-0.25, -0.2) is 8.78 Å². The standard InChI is InChI=1S/C8H16F2N2/c1-8(11,6-2-3-6)5-12-4-7(9)10/h6-7,12H,2-5,11H2,1H3. The van der Waals surface area contributed by atoms with Gasteiger partial charge in [-0.3, -0.25) is 0 Å². The molecule has 0 amide bonds. The van der Waals surface area contributed by atoms with Crippen LogP contribution in [-0.4, -0.2) is 25.1 Å². The van der Waals surface area contributed by atoms with Crippen molar-refractivity contribution in [2.24, 2.45) is 11.7 Å². The Hall–Kier alpha value is -0.220. The fourth-order valence-corrected chi connectivity index (χ4v) is 1.34. The topological polar surface area (TPSA) is 38.0 Å². The van der Waals surface area contributed by atoms with Crippen LogP contribution >= 0.6 is 0 Å². The van der Waals surface area contributed by atoms with Gasteiger partial charge < -0.3 is 11.1 Å². The second kappa shape index (κ2) is 3.66. The molecule has 4 heteroatoms. The van der Waals surface area contributed by atoms with Crippen molar-refractivity contribution in [3.05, 3.63) is 0 Å². The van der Waals surface area contributed by atoms with Crippen LogP contribution in [0.4, 0.5) is 8.78 Å². The molecule has 0 aliphatic heterocycles. The summed E-state index contributed by atoms with van der Waals surface area (Å²) >= 11 is 0. The molecular weight excluding hydrogens is 162 g/mol. The summed E-state index contributed by atoms with van der Waals surface area (Å²) in [6, 6.07) is 0. The molecule has 3 N–H and O–H groups in total. The number of nitrogens with one attached hydrogen (secondary N) is 1. The summed E-state index contributed by atoms with van der Waals surface area (Å²) in [5.41, 5.74) is 5.60. The second-order valence-electron chi connectivity index (χ2n) is 3.80. The number of rotatable bonds is 5. The van der Waals surface area contributed by atoms with Gasteiger partial charge in [-0.1, -0.05) is 0 Å². The molecule has 1 rings (SSSR count). The molecule has 0 bridgehead atoms. The summed E-state index contributed by atoms with van der Waals surface area (Å²) in [7, 11) is 0. The summed E-state index contributed by atoms with van der Waals surface area (Å²) in [5, 5.41) is 2.67. The third kappa shape index (κ3) is 3.03. The average molecular weight is 178 g/mol. The van der Waals surface area contributed by atoms with Crippen LogP contribution in [-0.2, 0) is 0 Å². The van der Waals surface area contributed by atoms with Gasteiger partial charge in [0, 0.05) is 12.1 Å². The van der Waals surface area contributed by atoms with Crippen molar-refractivity contribution in [1.82, 2.24) is 5.32 Å². The average Bonchev–Trinajstić information content (AvgIpc) is 2.65. The largest absolute Gasteiger partial charge is 0.324 e. The van der Waals surface area contributed by atoms with E-state index in [1.54, 1.807) is 0 Å². The summed E-state index contributed by atoms with van der Waals surface area (Å²) < 4.78 is 23.4. The van der Waals surface area contributed by atoms with E-state index in [0.717, 1.165) is 12.8 Å². The SMILES string of the molecule is CC(N)(CNCC(F)F)C1CC1. The van der Waals surface area contributed by atoms with E-state index >= 15 is 0 Å². The van der Waals surface area contributed by atoms with Crippen LogP contribution < -0.4 is 11.1 Å². The van der Waals surface area contributed by atoms with Crippen molar-refractivity contribution in [2.45, 2.75) is 31.7 Å². The van der Waals surface area contributed by atoms with Gasteiger partial charge in [0.05, 0.1) is 6.54 Å². The molecule has 0 aromatic heterocycles. The summed E-state index contributed by atoms with van der Waals surface area (Å²) in [6.07, 6.45) is 0.00667. The lowest BCUT2D eigenvalue weighted by atomic mass is 9.97. The lowest BCUT2D eigenvalue weighted by molar-refractivity contribution is 0.143. The fourth-order valence-electron chi connectivity index (χ4n) is 1.34. The zero-order valence-corrected chi connectivity index (χ0v) is 7.32. The molecule has 0 saturated heterocycles. The quantitative estimate of drug-likeness (QED) is 0.658. The van der Waals surface area contributed by atoms with Gasteiger partial charge in [0.25, 0.3) is 6.43 Å². The molecule has 1 unspecified atom stereocenters. The smallest absolute Gasteiger partial charge is 0.250 e. The highest BCUT2D eigenvalue weighted by Crippen LogP contribution is 2.37. The molecule has 1 fully saturated rings. The van der Waals surface area contributed by atoms with Crippen molar-refractivity contribution < 1.29 is 8.78 Å². The molecule has 0 heterocycles. The van der Waals surface area contributed by atoms with E-state index in [4.69, 9.17) is 5.73 Å². The number of halogens is 2. The molecule has 0 spiro atoms. The normalized spacial score (nSPS) is 22.8. The first-order valence-corrected chi connectivity index (χ1v) is 4.30. The molecule has 2 nitrogen and oxygen atoms in total. The minimum atomic E-state index is -2.28. The first kappa shape index (κ1) is 9.86. The third-order valence-corrected chi connectivity index (χ3v) is 2.31. The van der Waals surface area contributed by atoms with E-state index < -0.39 is 6.43 Å². The molecule has 1 aliphatic carbocycles. The zero-order valence-electron chi connectivity index (χ0n) is 7.32. The molecule has 0 radical (unpaired) electrons. The maximum absolute atomic E-state index is 11.7. The Kier molecular flexibility index (Phi) is 3.01. The third-order valence-electron chi connectivity index (χ3n) is 2.31. The van der Waals surface area contributed by atoms with E-state index in [0.29, 0.717) is 12.5 Å². The summed E-state index contributed by atoms with van der Waals surface area (Å²) in [4.78, 5) is 0. The van der Waals surface area contributed by atoms with Gasteiger partial charge in [-0.15, -0.1) is 0 Å². The molecule has 1 saturated carbocycles. The Morgan fingerprint density at radius 2 is 2.17 bits per heavy atom. The Morgan fingerprint density at radius 3 is 2.58 bits per heavy atom. The second-order valence-corrected chi connectivity index (χ2v) is 3.80. The number of hydrogen-bond acceptors (Lipinski definition) is 2. The maximum atomic E-state index is 11.7. The number of alkyl halides is 2. The zero-order chi connectivity index (χ0) is 9.19. The molecule has 0 aromatic rings. The summed E-state index contributed by atoms with van der Waals surface area (Å²) in [5.74, 6) is 0.530. The highest BCUT2D eigenvalue weighted by atomic mass is 19.3. The van der Waals surface area contributed by atoms with Crippen LogP contribution in [0.25, 0.3) is 0 Å². The van der Waals surface area contributed by atoms with Crippen molar-refractivity contribution in [2.75, 3.05) is 13.1 Å². The van der Waals surface area contributed by atoms with E-state index in [-0.39, 0.29) is 12.1 Å². The van der Waals surface area contributed by atoms with E-state index in [1.165, 1.54) is 0 Å². The van der Waals surface area contributed by atoms with Gasteiger partial charge in [0.1, 0.15) is 0 Å². The van der Waals surface area contributed by atoms with Crippen LogP contribution in [0.1, 0.15) is 19.8 Å². The van der Waals surface area contributed by atoms with Gasteiger partial charge in [0.2, 0.25) is 0 Å². The van der Waals surface area contributed by atoms with E-state index in [2.05, 4.69) is 5.32 Å². The fraction of sp³-hybridized carbons (Fsp3) is 1.00. The van der Waals surface area contributed by atoms with Crippen LogP contribution in [0.15, 0.2) is 0 Å². The van der Waals surface area contributed by atoms with Crippen LogP contribution in [0.3, 0.4) is 0 Å². The minimum Gasteiger partial charge on any atom is -0.324 e. The predicted octanol–water partition coefficient (Wildman–Crippen LogP) is 0.969. The molecule has 0 aromatic carbocycles. The molecular formula is C8H16F2N2. The molecule has 12 heavy (non-hydrogen) atoms. The van der Waals surface area contributed by atoms with Gasteiger partial charge in [-0.2, -0.15) is 0 Å². The highest BCUT2D eigenvalue weighted by Gasteiger charge is 2.37. The van der Waals surface area contributed by atoms with Crippen molar-refractivity contribution in [3.63, 3.8) is 0 Å². The minimum absolute atomic E-state index is 0.250. The maximum Gasteiger partial charge on any atom is 0.250 e. The predicted molar refractivity (Wildman–Crippen MR) is 44.2 cm³/mol. The van der Waals surface area contributed by atoms with Crippen LogP contribution in [0, 0.1) is 5.92 Å². The van der Waals surface area contributed by atoms with Crippen molar-refractivity contribution >= 4 is 0 Å². The van der Waals surface area contributed by atoms with Gasteiger partial charge in [0.15, 0.2) is 0 Å². The Labute approximate surface area is 71.5 Å². The number of nitrogens with two attached hydrogens (primary N) is 1. The Morgan fingerprint density at radius 1 is 1.58 bits per heavy atom. The number of hydrogen-bond donors (Lipinski definition) is 2. The molecule has 72 valence electrons. The Bertz CT molecular complexity index is 144. The Balaban J connectivity index is 2.12. The van der Waals surface area contributed by atoms with Crippen LogP contribution in [0.5, 0.6) is 0 Å². The van der Waals surface area contributed by atoms with Crippen LogP contribution in [0.2, 0.25) is 0 Å². The van der Waals surface area contributed by atoms with Gasteiger partial charge >= 0.3 is 0 Å². The van der Waals surface area contributed by atoms with Crippen molar-refractivity contribution in [1.29, 1.82) is 0 Å². The molecule has 1 aliphatic rings. The first-order chi connectivity index (χ1) is 5.52. The highest BCUT2D eigenvalue weighted by molar-refractivity contribution is 4.96. The van der Waals surface area contributed by atoms with E-state index in [1.807, 2.05) is 6.92 Å². The van der Waals surface area contributed by atoms with Crippen molar-refractivity contribution in [3.8, 4) is 0 Å². The molecule has 1 atom stereocenters.